The molecule has 0 saturated carbocycles. The molecule has 0 bridgehead atoms. The van der Waals surface area contributed by atoms with Gasteiger partial charge in [0.2, 0.25) is 0 Å². The SMILES string of the molecule is Cc1ccc(O)c(CNc2cccc(CN(C)C)c2)n1. The molecule has 0 aliphatic heterocycles. The van der Waals surface area contributed by atoms with Crippen LogP contribution in [0.15, 0.2) is 36.4 Å². The van der Waals surface area contributed by atoms with Gasteiger partial charge in [0.05, 0.1) is 6.54 Å². The molecule has 20 heavy (non-hydrogen) atoms. The highest BCUT2D eigenvalue weighted by Gasteiger charge is 2.03. The van der Waals surface area contributed by atoms with Gasteiger partial charge in [-0.2, -0.15) is 0 Å². The van der Waals surface area contributed by atoms with Crippen molar-refractivity contribution in [3.63, 3.8) is 0 Å². The molecule has 0 radical (unpaired) electrons. The number of benzene rings is 1. The van der Waals surface area contributed by atoms with Crippen LogP contribution in [0.4, 0.5) is 5.69 Å². The van der Waals surface area contributed by atoms with Crippen molar-refractivity contribution in [3.8, 4) is 5.75 Å². The number of hydrogen-bond acceptors (Lipinski definition) is 4. The second kappa shape index (κ2) is 6.39. The molecule has 0 aliphatic carbocycles. The highest BCUT2D eigenvalue weighted by molar-refractivity contribution is 5.46. The number of rotatable bonds is 5. The fourth-order valence-corrected chi connectivity index (χ4v) is 2.06. The summed E-state index contributed by atoms with van der Waals surface area (Å²) in [6.45, 7) is 3.34. The van der Waals surface area contributed by atoms with Crippen LogP contribution < -0.4 is 5.32 Å². The van der Waals surface area contributed by atoms with Gasteiger partial charge in [-0.3, -0.25) is 4.98 Å². The van der Waals surface area contributed by atoms with Crippen molar-refractivity contribution in [1.82, 2.24) is 9.88 Å². The predicted molar refractivity (Wildman–Crippen MR) is 81.8 cm³/mol. The third kappa shape index (κ3) is 3.96. The molecule has 0 saturated heterocycles. The normalized spacial score (nSPS) is 10.8. The van der Waals surface area contributed by atoms with Gasteiger partial charge in [-0.15, -0.1) is 0 Å². The number of nitrogens with one attached hydrogen (secondary N) is 1. The molecule has 0 atom stereocenters. The van der Waals surface area contributed by atoms with Crippen LogP contribution in [0.25, 0.3) is 0 Å². The number of hydrogen-bond donors (Lipinski definition) is 2. The van der Waals surface area contributed by atoms with Gasteiger partial charge in [0, 0.05) is 17.9 Å². The summed E-state index contributed by atoms with van der Waals surface area (Å²) >= 11 is 0. The van der Waals surface area contributed by atoms with Gasteiger partial charge >= 0.3 is 0 Å². The Morgan fingerprint density at radius 1 is 1.20 bits per heavy atom. The van der Waals surface area contributed by atoms with Crippen molar-refractivity contribution in [2.24, 2.45) is 0 Å². The number of nitrogens with zero attached hydrogens (tertiary/aromatic N) is 2. The largest absolute Gasteiger partial charge is 0.506 e. The van der Waals surface area contributed by atoms with E-state index in [0.29, 0.717) is 12.2 Å². The molecule has 0 fully saturated rings. The van der Waals surface area contributed by atoms with Crippen molar-refractivity contribution in [3.05, 3.63) is 53.3 Å². The van der Waals surface area contributed by atoms with Crippen LogP contribution in [0, 0.1) is 6.92 Å². The Morgan fingerprint density at radius 2 is 2.00 bits per heavy atom. The molecule has 4 heteroatoms. The van der Waals surface area contributed by atoms with Crippen molar-refractivity contribution in [1.29, 1.82) is 0 Å². The van der Waals surface area contributed by atoms with Crippen LogP contribution in [-0.4, -0.2) is 29.1 Å². The molecular formula is C16H21N3O. The fraction of sp³-hybridized carbons (Fsp3) is 0.312. The number of aromatic hydroxyl groups is 1. The smallest absolute Gasteiger partial charge is 0.138 e. The van der Waals surface area contributed by atoms with Gasteiger partial charge in [0.1, 0.15) is 11.4 Å². The first-order valence-electron chi connectivity index (χ1n) is 6.67. The Bertz CT molecular complexity index is 582. The Labute approximate surface area is 120 Å². The second-order valence-electron chi connectivity index (χ2n) is 5.21. The monoisotopic (exact) mass is 271 g/mol. The van der Waals surface area contributed by atoms with E-state index in [-0.39, 0.29) is 5.75 Å². The standard InChI is InChI=1S/C16H21N3O/c1-12-7-8-16(20)15(18-12)10-17-14-6-4-5-13(9-14)11-19(2)3/h4-9,17,20H,10-11H2,1-3H3. The average Bonchev–Trinajstić information content (AvgIpc) is 2.39. The van der Waals surface area contributed by atoms with Gasteiger partial charge in [-0.25, -0.2) is 0 Å². The third-order valence-electron chi connectivity index (χ3n) is 2.98. The Hall–Kier alpha value is -2.07. The average molecular weight is 271 g/mol. The lowest BCUT2D eigenvalue weighted by atomic mass is 10.2. The summed E-state index contributed by atoms with van der Waals surface area (Å²) in [5.74, 6) is 0.229. The van der Waals surface area contributed by atoms with E-state index >= 15 is 0 Å². The number of aryl methyl sites for hydroxylation is 1. The topological polar surface area (TPSA) is 48.4 Å². The molecule has 2 aromatic rings. The van der Waals surface area contributed by atoms with E-state index in [1.54, 1.807) is 12.1 Å². The van der Waals surface area contributed by atoms with E-state index in [4.69, 9.17) is 0 Å². The van der Waals surface area contributed by atoms with Gasteiger partial charge < -0.3 is 15.3 Å². The minimum Gasteiger partial charge on any atom is -0.506 e. The van der Waals surface area contributed by atoms with Crippen molar-refractivity contribution < 1.29 is 5.11 Å². The van der Waals surface area contributed by atoms with Gasteiger partial charge in [-0.1, -0.05) is 12.1 Å². The molecule has 106 valence electrons. The Morgan fingerprint density at radius 3 is 2.75 bits per heavy atom. The highest BCUT2D eigenvalue weighted by Crippen LogP contribution is 2.17. The zero-order valence-corrected chi connectivity index (χ0v) is 12.2. The Balaban J connectivity index is 2.05. The van der Waals surface area contributed by atoms with Crippen LogP contribution in [0.1, 0.15) is 17.0 Å². The summed E-state index contributed by atoms with van der Waals surface area (Å²) in [4.78, 5) is 6.47. The first kappa shape index (κ1) is 14.3. The molecule has 4 nitrogen and oxygen atoms in total. The summed E-state index contributed by atoms with van der Waals surface area (Å²) in [5.41, 5.74) is 3.86. The number of anilines is 1. The lowest BCUT2D eigenvalue weighted by Gasteiger charge is -2.12. The van der Waals surface area contributed by atoms with Crippen molar-refractivity contribution in [2.75, 3.05) is 19.4 Å². The molecule has 0 aliphatic rings. The van der Waals surface area contributed by atoms with Gasteiger partial charge in [-0.05, 0) is 50.8 Å². The van der Waals surface area contributed by atoms with E-state index < -0.39 is 0 Å². The third-order valence-corrected chi connectivity index (χ3v) is 2.98. The highest BCUT2D eigenvalue weighted by atomic mass is 16.3. The minimum absolute atomic E-state index is 0.229. The zero-order valence-electron chi connectivity index (χ0n) is 12.2. The quantitative estimate of drug-likeness (QED) is 0.878. The maximum atomic E-state index is 9.78. The summed E-state index contributed by atoms with van der Waals surface area (Å²) < 4.78 is 0. The van der Waals surface area contributed by atoms with E-state index in [2.05, 4.69) is 41.4 Å². The minimum atomic E-state index is 0.229. The number of aromatic nitrogens is 1. The van der Waals surface area contributed by atoms with Crippen LogP contribution in [0.2, 0.25) is 0 Å². The zero-order chi connectivity index (χ0) is 14.5. The lowest BCUT2D eigenvalue weighted by Crippen LogP contribution is -2.11. The second-order valence-corrected chi connectivity index (χ2v) is 5.21. The summed E-state index contributed by atoms with van der Waals surface area (Å²) in [6.07, 6.45) is 0. The molecular weight excluding hydrogens is 250 g/mol. The van der Waals surface area contributed by atoms with Gasteiger partial charge in [0.25, 0.3) is 0 Å². The van der Waals surface area contributed by atoms with Crippen LogP contribution in [0.5, 0.6) is 5.75 Å². The lowest BCUT2D eigenvalue weighted by molar-refractivity contribution is 0.402. The van der Waals surface area contributed by atoms with E-state index in [0.717, 1.165) is 17.9 Å². The number of pyridine rings is 1. The van der Waals surface area contributed by atoms with Crippen LogP contribution in [0.3, 0.4) is 0 Å². The molecule has 0 amide bonds. The first-order chi connectivity index (χ1) is 9.54. The Kier molecular flexibility index (Phi) is 4.58. The van der Waals surface area contributed by atoms with Crippen LogP contribution >= 0.6 is 0 Å². The maximum absolute atomic E-state index is 9.78. The van der Waals surface area contributed by atoms with E-state index in [1.807, 2.05) is 19.1 Å². The van der Waals surface area contributed by atoms with Crippen LogP contribution in [-0.2, 0) is 13.1 Å². The summed E-state index contributed by atoms with van der Waals surface area (Å²) in [7, 11) is 4.10. The van der Waals surface area contributed by atoms with Crippen molar-refractivity contribution in [2.45, 2.75) is 20.0 Å². The van der Waals surface area contributed by atoms with E-state index in [9.17, 15) is 5.11 Å². The van der Waals surface area contributed by atoms with Crippen molar-refractivity contribution >= 4 is 5.69 Å². The molecule has 1 aromatic carbocycles. The predicted octanol–water partition coefficient (Wildman–Crippen LogP) is 2.77. The van der Waals surface area contributed by atoms with E-state index in [1.165, 1.54) is 5.56 Å². The molecule has 0 spiro atoms. The van der Waals surface area contributed by atoms with Gasteiger partial charge in [0.15, 0.2) is 0 Å². The molecule has 2 rings (SSSR count). The summed E-state index contributed by atoms with van der Waals surface area (Å²) in [5, 5.41) is 13.1. The molecule has 2 N–H and O–H groups in total. The summed E-state index contributed by atoms with van der Waals surface area (Å²) in [6, 6.07) is 11.8. The first-order valence-corrected chi connectivity index (χ1v) is 6.67. The molecule has 1 aromatic heterocycles. The fourth-order valence-electron chi connectivity index (χ4n) is 2.06. The maximum Gasteiger partial charge on any atom is 0.138 e. The molecule has 1 heterocycles. The molecule has 0 unspecified atom stereocenters.